The van der Waals surface area contributed by atoms with E-state index in [0.29, 0.717) is 5.69 Å². The molecule has 3 rings (SSSR count). The van der Waals surface area contributed by atoms with Crippen LogP contribution in [0.25, 0.3) is 10.6 Å². The van der Waals surface area contributed by atoms with Crippen LogP contribution < -0.4 is 0 Å². The van der Waals surface area contributed by atoms with Gasteiger partial charge in [-0.25, -0.2) is 18.6 Å². The minimum Gasteiger partial charge on any atom is -0.456 e. The molecule has 122 valence electrons. The minimum atomic E-state index is -1.16. The molecule has 0 saturated carbocycles. The summed E-state index contributed by atoms with van der Waals surface area (Å²) in [6.45, 7) is -0.0858. The van der Waals surface area contributed by atoms with Gasteiger partial charge < -0.3 is 4.74 Å². The van der Waals surface area contributed by atoms with Gasteiger partial charge in [-0.3, -0.25) is 0 Å². The molecule has 3 aromatic rings. The monoisotopic (exact) mass is 365 g/mol. The summed E-state index contributed by atoms with van der Waals surface area (Å²) >= 11 is 7.16. The van der Waals surface area contributed by atoms with E-state index in [1.165, 1.54) is 11.3 Å². The van der Waals surface area contributed by atoms with Crippen molar-refractivity contribution in [3.8, 4) is 10.6 Å². The van der Waals surface area contributed by atoms with Crippen molar-refractivity contribution in [3.63, 3.8) is 0 Å². The standard InChI is InChI=1S/C17H10ClF2NO2S/c18-13-7-15(20)14(19)6-12(13)17(22)23-8-11-9-24-16(21-11)10-4-2-1-3-5-10/h1-7,9H,8H2. The Bertz CT molecular complexity index is 884. The number of benzene rings is 2. The predicted molar refractivity (Wildman–Crippen MR) is 88.0 cm³/mol. The van der Waals surface area contributed by atoms with E-state index in [0.717, 1.165) is 22.7 Å². The maximum Gasteiger partial charge on any atom is 0.340 e. The predicted octanol–water partition coefficient (Wildman–Crippen LogP) is 5.10. The molecule has 0 unspecified atom stereocenters. The van der Waals surface area contributed by atoms with Gasteiger partial charge in [0, 0.05) is 10.9 Å². The van der Waals surface area contributed by atoms with Crippen LogP contribution in [-0.4, -0.2) is 11.0 Å². The van der Waals surface area contributed by atoms with Gasteiger partial charge in [0.05, 0.1) is 16.3 Å². The molecule has 0 amide bonds. The lowest BCUT2D eigenvalue weighted by atomic mass is 10.2. The first kappa shape index (κ1) is 16.5. The number of nitrogens with zero attached hydrogens (tertiary/aromatic N) is 1. The zero-order valence-electron chi connectivity index (χ0n) is 12.1. The number of carbonyl (C=O) groups is 1. The Labute approximate surface area is 145 Å². The van der Waals surface area contributed by atoms with Gasteiger partial charge in [0.1, 0.15) is 11.6 Å². The average Bonchev–Trinajstić information content (AvgIpc) is 3.06. The largest absolute Gasteiger partial charge is 0.456 e. The first-order valence-corrected chi connectivity index (χ1v) is 8.12. The summed E-state index contributed by atoms with van der Waals surface area (Å²) in [4.78, 5) is 16.3. The summed E-state index contributed by atoms with van der Waals surface area (Å²) in [5.41, 5.74) is 1.30. The number of aromatic nitrogens is 1. The Kier molecular flexibility index (Phi) is 4.87. The second-order valence-corrected chi connectivity index (χ2v) is 6.10. The minimum absolute atomic E-state index is 0.0858. The van der Waals surface area contributed by atoms with Crippen LogP contribution in [-0.2, 0) is 11.3 Å². The van der Waals surface area contributed by atoms with E-state index in [9.17, 15) is 13.6 Å². The summed E-state index contributed by atoms with van der Waals surface area (Å²) in [6.07, 6.45) is 0. The molecule has 2 aromatic carbocycles. The maximum atomic E-state index is 13.2. The van der Waals surface area contributed by atoms with Gasteiger partial charge in [0.25, 0.3) is 0 Å². The van der Waals surface area contributed by atoms with Crippen molar-refractivity contribution < 1.29 is 18.3 Å². The van der Waals surface area contributed by atoms with Crippen LogP contribution in [0.1, 0.15) is 16.1 Å². The van der Waals surface area contributed by atoms with Crippen molar-refractivity contribution in [2.24, 2.45) is 0 Å². The lowest BCUT2D eigenvalue weighted by Gasteiger charge is -2.05. The van der Waals surface area contributed by atoms with Crippen LogP contribution in [0.15, 0.2) is 47.8 Å². The highest BCUT2D eigenvalue weighted by atomic mass is 35.5. The summed E-state index contributed by atoms with van der Waals surface area (Å²) in [5.74, 6) is -3.12. The molecule has 0 N–H and O–H groups in total. The maximum absolute atomic E-state index is 13.2. The Morgan fingerprint density at radius 3 is 2.62 bits per heavy atom. The molecule has 0 fully saturated rings. The molecule has 1 heterocycles. The molecular weight excluding hydrogens is 356 g/mol. The number of hydrogen-bond acceptors (Lipinski definition) is 4. The highest BCUT2D eigenvalue weighted by Crippen LogP contribution is 2.24. The lowest BCUT2D eigenvalue weighted by Crippen LogP contribution is -2.07. The molecule has 0 radical (unpaired) electrons. The van der Waals surface area contributed by atoms with E-state index >= 15 is 0 Å². The van der Waals surface area contributed by atoms with Gasteiger partial charge in [-0.2, -0.15) is 0 Å². The molecule has 3 nitrogen and oxygen atoms in total. The van der Waals surface area contributed by atoms with Crippen LogP contribution in [0, 0.1) is 11.6 Å². The first-order chi connectivity index (χ1) is 11.5. The Hall–Kier alpha value is -2.31. The SMILES string of the molecule is O=C(OCc1csc(-c2ccccc2)n1)c1cc(F)c(F)cc1Cl. The topological polar surface area (TPSA) is 39.2 Å². The number of ether oxygens (including phenoxy) is 1. The Morgan fingerprint density at radius 1 is 1.17 bits per heavy atom. The van der Waals surface area contributed by atoms with Crippen molar-refractivity contribution >= 4 is 28.9 Å². The molecule has 0 atom stereocenters. The molecule has 0 saturated heterocycles. The fraction of sp³-hybridized carbons (Fsp3) is 0.0588. The van der Waals surface area contributed by atoms with Gasteiger partial charge >= 0.3 is 5.97 Å². The summed E-state index contributed by atoms with van der Waals surface area (Å²) < 4.78 is 31.3. The van der Waals surface area contributed by atoms with Gasteiger partial charge in [0.2, 0.25) is 0 Å². The van der Waals surface area contributed by atoms with Gasteiger partial charge in [-0.1, -0.05) is 41.9 Å². The fourth-order valence-corrected chi connectivity index (χ4v) is 3.02. The van der Waals surface area contributed by atoms with E-state index in [-0.39, 0.29) is 17.2 Å². The second kappa shape index (κ2) is 7.07. The van der Waals surface area contributed by atoms with E-state index in [1.807, 2.05) is 30.3 Å². The molecule has 1 aromatic heterocycles. The highest BCUT2D eigenvalue weighted by Gasteiger charge is 2.17. The normalized spacial score (nSPS) is 10.6. The number of carbonyl (C=O) groups excluding carboxylic acids is 1. The van der Waals surface area contributed by atoms with Crippen molar-refractivity contribution in [2.45, 2.75) is 6.61 Å². The van der Waals surface area contributed by atoms with E-state index < -0.39 is 17.6 Å². The van der Waals surface area contributed by atoms with Crippen LogP contribution in [0.2, 0.25) is 5.02 Å². The number of hydrogen-bond donors (Lipinski definition) is 0. The molecule has 0 aliphatic carbocycles. The number of thiazole rings is 1. The molecule has 24 heavy (non-hydrogen) atoms. The van der Waals surface area contributed by atoms with Gasteiger partial charge in [-0.15, -0.1) is 11.3 Å². The third-order valence-electron chi connectivity index (χ3n) is 3.15. The van der Waals surface area contributed by atoms with E-state index in [1.54, 1.807) is 5.38 Å². The van der Waals surface area contributed by atoms with Crippen LogP contribution in [0.3, 0.4) is 0 Å². The quantitative estimate of drug-likeness (QED) is 0.477. The molecule has 0 aliphatic rings. The Balaban J connectivity index is 1.69. The zero-order valence-corrected chi connectivity index (χ0v) is 13.7. The average molecular weight is 366 g/mol. The number of rotatable bonds is 4. The van der Waals surface area contributed by atoms with Crippen molar-refractivity contribution in [2.75, 3.05) is 0 Å². The fourth-order valence-electron chi connectivity index (χ4n) is 1.98. The molecular formula is C17H10ClF2NO2S. The third kappa shape index (κ3) is 3.60. The molecule has 0 spiro atoms. The van der Waals surface area contributed by atoms with Gasteiger partial charge in [-0.05, 0) is 12.1 Å². The zero-order chi connectivity index (χ0) is 17.1. The lowest BCUT2D eigenvalue weighted by molar-refractivity contribution is 0.0468. The molecule has 0 aliphatic heterocycles. The van der Waals surface area contributed by atoms with E-state index in [2.05, 4.69) is 4.98 Å². The van der Waals surface area contributed by atoms with Crippen molar-refractivity contribution in [1.29, 1.82) is 0 Å². The molecule has 7 heteroatoms. The molecule has 0 bridgehead atoms. The Morgan fingerprint density at radius 2 is 1.88 bits per heavy atom. The third-order valence-corrected chi connectivity index (χ3v) is 4.41. The summed E-state index contributed by atoms with van der Waals surface area (Å²) in [6, 6.07) is 11.0. The number of esters is 1. The van der Waals surface area contributed by atoms with Gasteiger partial charge in [0.15, 0.2) is 11.6 Å². The number of halogens is 3. The first-order valence-electron chi connectivity index (χ1n) is 6.86. The van der Waals surface area contributed by atoms with Crippen LogP contribution >= 0.6 is 22.9 Å². The summed E-state index contributed by atoms with van der Waals surface area (Å²) in [5, 5.41) is 2.36. The highest BCUT2D eigenvalue weighted by molar-refractivity contribution is 7.13. The van der Waals surface area contributed by atoms with Crippen LogP contribution in [0.4, 0.5) is 8.78 Å². The second-order valence-electron chi connectivity index (χ2n) is 4.83. The smallest absolute Gasteiger partial charge is 0.340 e. The van der Waals surface area contributed by atoms with E-state index in [4.69, 9.17) is 16.3 Å². The van der Waals surface area contributed by atoms with Crippen molar-refractivity contribution in [1.82, 2.24) is 4.98 Å². The summed E-state index contributed by atoms with van der Waals surface area (Å²) in [7, 11) is 0. The van der Waals surface area contributed by atoms with Crippen molar-refractivity contribution in [3.05, 3.63) is 75.8 Å². The van der Waals surface area contributed by atoms with Crippen LogP contribution in [0.5, 0.6) is 0 Å².